The minimum absolute atomic E-state index is 0.128. The standard InChI is InChI=1S/C25H27N5O2/c1-25(2)12-19-16(13-31-17-6-5-15-4-3-8-27-20(15)11-17)10-21(22(19)32-25)30-9-7-18-23(26)28-14-29-24(18)30/h3-9,11,14,16,19,21-22H,10,12-13H2,1-2H3,(H2,26,28,29)/t16-,19-,21-,22-/m1/s1. The largest absolute Gasteiger partial charge is 0.493 e. The summed E-state index contributed by atoms with van der Waals surface area (Å²) in [5.41, 5.74) is 7.76. The molecule has 32 heavy (non-hydrogen) atoms. The fraction of sp³-hybridized carbons (Fsp3) is 0.400. The molecular weight excluding hydrogens is 402 g/mol. The van der Waals surface area contributed by atoms with Gasteiger partial charge in [-0.25, -0.2) is 9.97 Å². The molecule has 0 bridgehead atoms. The van der Waals surface area contributed by atoms with Crippen molar-refractivity contribution in [2.24, 2.45) is 11.8 Å². The molecule has 2 N–H and O–H groups in total. The normalized spacial score (nSPS) is 26.6. The lowest BCUT2D eigenvalue weighted by atomic mass is 9.88. The van der Waals surface area contributed by atoms with E-state index in [1.54, 1.807) is 0 Å². The van der Waals surface area contributed by atoms with E-state index in [1.165, 1.54) is 6.33 Å². The molecule has 4 aromatic rings. The molecule has 1 aliphatic heterocycles. The summed E-state index contributed by atoms with van der Waals surface area (Å²) < 4.78 is 15.1. The van der Waals surface area contributed by atoms with Crippen LogP contribution in [0.4, 0.5) is 5.82 Å². The van der Waals surface area contributed by atoms with Crippen molar-refractivity contribution in [1.82, 2.24) is 19.5 Å². The number of anilines is 1. The summed E-state index contributed by atoms with van der Waals surface area (Å²) in [5.74, 6) is 2.20. The lowest BCUT2D eigenvalue weighted by Gasteiger charge is -2.25. The molecule has 1 aromatic carbocycles. The van der Waals surface area contributed by atoms with Crippen molar-refractivity contribution in [3.63, 3.8) is 0 Å². The summed E-state index contributed by atoms with van der Waals surface area (Å²) in [6.45, 7) is 5.03. The molecule has 7 nitrogen and oxygen atoms in total. The number of hydrogen-bond acceptors (Lipinski definition) is 6. The SMILES string of the molecule is CC1(C)C[C@@H]2[C@@H](COc3ccc4cccnc4c3)C[C@@H](n3ccc4c(N)ncnc43)[C@@H]2O1. The molecule has 0 amide bonds. The second-order valence-electron chi connectivity index (χ2n) is 9.66. The van der Waals surface area contributed by atoms with E-state index < -0.39 is 0 Å². The average molecular weight is 430 g/mol. The molecule has 7 heteroatoms. The summed E-state index contributed by atoms with van der Waals surface area (Å²) in [4.78, 5) is 13.1. The molecule has 2 aliphatic rings. The van der Waals surface area contributed by atoms with Crippen LogP contribution >= 0.6 is 0 Å². The highest BCUT2D eigenvalue weighted by molar-refractivity contribution is 5.86. The molecule has 3 aromatic heterocycles. The third-order valence-electron chi connectivity index (χ3n) is 7.07. The third kappa shape index (κ3) is 3.19. The van der Waals surface area contributed by atoms with Gasteiger partial charge in [0.2, 0.25) is 0 Å². The fourth-order valence-electron chi connectivity index (χ4n) is 5.67. The minimum Gasteiger partial charge on any atom is -0.493 e. The van der Waals surface area contributed by atoms with Crippen LogP contribution in [0.5, 0.6) is 5.75 Å². The van der Waals surface area contributed by atoms with E-state index in [4.69, 9.17) is 15.2 Å². The predicted octanol–water partition coefficient (Wildman–Crippen LogP) is 4.39. The molecule has 1 saturated heterocycles. The van der Waals surface area contributed by atoms with Gasteiger partial charge in [-0.15, -0.1) is 0 Å². The van der Waals surface area contributed by atoms with Crippen LogP contribution in [0, 0.1) is 11.8 Å². The zero-order valence-corrected chi connectivity index (χ0v) is 18.3. The second-order valence-corrected chi connectivity index (χ2v) is 9.66. The van der Waals surface area contributed by atoms with Gasteiger partial charge in [-0.1, -0.05) is 6.07 Å². The fourth-order valence-corrected chi connectivity index (χ4v) is 5.67. The summed E-state index contributed by atoms with van der Waals surface area (Å²) in [5, 5.41) is 2.01. The van der Waals surface area contributed by atoms with Gasteiger partial charge in [-0.3, -0.25) is 4.98 Å². The maximum atomic E-state index is 6.57. The maximum absolute atomic E-state index is 6.57. The molecule has 4 heterocycles. The van der Waals surface area contributed by atoms with Gasteiger partial charge in [0.1, 0.15) is 23.5 Å². The molecule has 164 valence electrons. The summed E-state index contributed by atoms with van der Waals surface area (Å²) >= 11 is 0. The molecule has 0 spiro atoms. The molecule has 6 rings (SSSR count). The number of pyridine rings is 1. The van der Waals surface area contributed by atoms with Gasteiger partial charge in [-0.05, 0) is 56.9 Å². The van der Waals surface area contributed by atoms with E-state index in [-0.39, 0.29) is 17.7 Å². The highest BCUT2D eigenvalue weighted by Gasteiger charge is 2.53. The van der Waals surface area contributed by atoms with Crippen molar-refractivity contribution in [3.05, 3.63) is 55.1 Å². The zero-order chi connectivity index (χ0) is 21.9. The molecule has 1 saturated carbocycles. The lowest BCUT2D eigenvalue weighted by Crippen LogP contribution is -2.26. The van der Waals surface area contributed by atoms with E-state index >= 15 is 0 Å². The van der Waals surface area contributed by atoms with E-state index in [0.29, 0.717) is 24.3 Å². The number of ether oxygens (including phenoxy) is 2. The van der Waals surface area contributed by atoms with Gasteiger partial charge in [0, 0.05) is 29.8 Å². The van der Waals surface area contributed by atoms with Crippen LogP contribution in [-0.2, 0) is 4.74 Å². The number of rotatable bonds is 4. The minimum atomic E-state index is -0.143. The Balaban J connectivity index is 1.28. The summed E-state index contributed by atoms with van der Waals surface area (Å²) in [7, 11) is 0. The molecule has 2 fully saturated rings. The first-order chi connectivity index (χ1) is 15.5. The Kier molecular flexibility index (Phi) is 4.37. The van der Waals surface area contributed by atoms with E-state index in [0.717, 1.165) is 40.5 Å². The van der Waals surface area contributed by atoms with Gasteiger partial charge < -0.3 is 19.8 Å². The Morgan fingerprint density at radius 2 is 2.09 bits per heavy atom. The molecule has 0 unspecified atom stereocenters. The van der Waals surface area contributed by atoms with Gasteiger partial charge in [0.25, 0.3) is 0 Å². The van der Waals surface area contributed by atoms with Gasteiger partial charge in [-0.2, -0.15) is 0 Å². The van der Waals surface area contributed by atoms with Crippen LogP contribution in [-0.4, -0.2) is 37.8 Å². The Hall–Kier alpha value is -3.19. The van der Waals surface area contributed by atoms with Crippen LogP contribution in [0.2, 0.25) is 0 Å². The van der Waals surface area contributed by atoms with Crippen LogP contribution < -0.4 is 10.5 Å². The number of nitrogens with two attached hydrogens (primary N) is 1. The number of fused-ring (bicyclic) bond motifs is 3. The van der Waals surface area contributed by atoms with E-state index in [1.807, 2.05) is 30.5 Å². The van der Waals surface area contributed by atoms with Crippen molar-refractivity contribution in [2.45, 2.75) is 44.4 Å². The van der Waals surface area contributed by atoms with Gasteiger partial charge >= 0.3 is 0 Å². The van der Waals surface area contributed by atoms with E-state index in [9.17, 15) is 0 Å². The second kappa shape index (κ2) is 7.17. The van der Waals surface area contributed by atoms with Crippen molar-refractivity contribution in [2.75, 3.05) is 12.3 Å². The highest BCUT2D eigenvalue weighted by Crippen LogP contribution is 2.52. The van der Waals surface area contributed by atoms with Crippen LogP contribution in [0.3, 0.4) is 0 Å². The van der Waals surface area contributed by atoms with Gasteiger partial charge in [0.05, 0.1) is 35.3 Å². The van der Waals surface area contributed by atoms with Crippen molar-refractivity contribution >= 4 is 27.8 Å². The van der Waals surface area contributed by atoms with Crippen LogP contribution in [0.1, 0.15) is 32.7 Å². The van der Waals surface area contributed by atoms with Crippen molar-refractivity contribution < 1.29 is 9.47 Å². The summed E-state index contributed by atoms with van der Waals surface area (Å²) in [6.07, 6.45) is 7.55. The average Bonchev–Trinajstić information content (AvgIpc) is 3.44. The number of aromatic nitrogens is 4. The smallest absolute Gasteiger partial charge is 0.145 e. The van der Waals surface area contributed by atoms with Crippen molar-refractivity contribution in [3.8, 4) is 5.75 Å². The maximum Gasteiger partial charge on any atom is 0.145 e. The predicted molar refractivity (Wildman–Crippen MR) is 123 cm³/mol. The van der Waals surface area contributed by atoms with Crippen LogP contribution in [0.15, 0.2) is 55.1 Å². The van der Waals surface area contributed by atoms with E-state index in [2.05, 4.69) is 51.7 Å². The van der Waals surface area contributed by atoms with Gasteiger partial charge in [0.15, 0.2) is 0 Å². The first-order valence-corrected chi connectivity index (χ1v) is 11.2. The topological polar surface area (TPSA) is 88.1 Å². The Morgan fingerprint density at radius 1 is 1.19 bits per heavy atom. The first kappa shape index (κ1) is 19.5. The lowest BCUT2D eigenvalue weighted by molar-refractivity contribution is -0.0346. The number of nitrogens with zero attached hydrogens (tertiary/aromatic N) is 4. The monoisotopic (exact) mass is 429 g/mol. The molecule has 4 atom stereocenters. The third-order valence-corrected chi connectivity index (χ3v) is 7.07. The molecule has 0 radical (unpaired) electrons. The Labute approximate surface area is 186 Å². The molecular formula is C25H27N5O2. The molecule has 1 aliphatic carbocycles. The Morgan fingerprint density at radius 3 is 3.00 bits per heavy atom. The number of nitrogen functional groups attached to an aromatic ring is 1. The van der Waals surface area contributed by atoms with Crippen molar-refractivity contribution in [1.29, 1.82) is 0 Å². The first-order valence-electron chi connectivity index (χ1n) is 11.2. The Bertz CT molecular complexity index is 1300. The highest BCUT2D eigenvalue weighted by atomic mass is 16.5. The zero-order valence-electron chi connectivity index (χ0n) is 18.3. The van der Waals surface area contributed by atoms with Crippen LogP contribution in [0.25, 0.3) is 21.9 Å². The number of benzene rings is 1. The quantitative estimate of drug-likeness (QED) is 0.518. The number of hydrogen-bond donors (Lipinski definition) is 1. The summed E-state index contributed by atoms with van der Waals surface area (Å²) in [6, 6.07) is 12.3.